The van der Waals surface area contributed by atoms with Crippen LogP contribution in [0.3, 0.4) is 0 Å². The minimum atomic E-state index is 0.309. The van der Waals surface area contributed by atoms with Gasteiger partial charge in [0, 0.05) is 24.7 Å². The SMILES string of the molecule is CC1(C)CC(NCC(C)(C)C(C)(C)C)CN1. The van der Waals surface area contributed by atoms with Crippen molar-refractivity contribution in [3.8, 4) is 0 Å². The van der Waals surface area contributed by atoms with Crippen LogP contribution in [0.2, 0.25) is 0 Å². The lowest BCUT2D eigenvalue weighted by Crippen LogP contribution is -2.44. The lowest BCUT2D eigenvalue weighted by molar-refractivity contribution is 0.125. The minimum Gasteiger partial charge on any atom is -0.312 e. The molecule has 0 aliphatic carbocycles. The Morgan fingerprint density at radius 2 is 1.75 bits per heavy atom. The van der Waals surface area contributed by atoms with Crippen LogP contribution in [0.15, 0.2) is 0 Å². The fraction of sp³-hybridized carbons (Fsp3) is 1.00. The van der Waals surface area contributed by atoms with Gasteiger partial charge in [0.2, 0.25) is 0 Å². The Morgan fingerprint density at radius 1 is 1.19 bits per heavy atom. The average molecular weight is 226 g/mol. The van der Waals surface area contributed by atoms with Crippen molar-refractivity contribution in [3.63, 3.8) is 0 Å². The van der Waals surface area contributed by atoms with Crippen LogP contribution in [0, 0.1) is 10.8 Å². The van der Waals surface area contributed by atoms with Crippen molar-refractivity contribution in [1.82, 2.24) is 10.6 Å². The Bertz CT molecular complexity index is 236. The van der Waals surface area contributed by atoms with Gasteiger partial charge in [0.1, 0.15) is 0 Å². The molecule has 16 heavy (non-hydrogen) atoms. The van der Waals surface area contributed by atoms with E-state index in [1.807, 2.05) is 0 Å². The lowest BCUT2D eigenvalue weighted by atomic mass is 9.69. The molecule has 0 saturated carbocycles. The molecule has 0 aromatic carbocycles. The monoisotopic (exact) mass is 226 g/mol. The molecule has 0 aromatic heterocycles. The van der Waals surface area contributed by atoms with Crippen LogP contribution in [0.25, 0.3) is 0 Å². The van der Waals surface area contributed by atoms with Crippen molar-refractivity contribution in [2.24, 2.45) is 10.8 Å². The van der Waals surface area contributed by atoms with E-state index >= 15 is 0 Å². The molecule has 0 spiro atoms. The van der Waals surface area contributed by atoms with Crippen LogP contribution in [-0.2, 0) is 0 Å². The summed E-state index contributed by atoms with van der Waals surface area (Å²) in [4.78, 5) is 0. The molecule has 96 valence electrons. The van der Waals surface area contributed by atoms with Crippen molar-refractivity contribution in [3.05, 3.63) is 0 Å². The third kappa shape index (κ3) is 3.46. The van der Waals surface area contributed by atoms with E-state index in [0.29, 0.717) is 22.4 Å². The van der Waals surface area contributed by atoms with Gasteiger partial charge in [-0.3, -0.25) is 0 Å². The van der Waals surface area contributed by atoms with E-state index in [2.05, 4.69) is 59.1 Å². The zero-order valence-corrected chi connectivity index (χ0v) is 12.2. The molecule has 1 aliphatic rings. The molecule has 1 unspecified atom stereocenters. The summed E-state index contributed by atoms with van der Waals surface area (Å²) in [7, 11) is 0. The van der Waals surface area contributed by atoms with E-state index < -0.39 is 0 Å². The molecular weight excluding hydrogens is 196 g/mol. The molecule has 1 saturated heterocycles. The van der Waals surface area contributed by atoms with Crippen LogP contribution in [0.4, 0.5) is 0 Å². The average Bonchev–Trinajstić information content (AvgIpc) is 2.40. The zero-order valence-electron chi connectivity index (χ0n) is 12.2. The number of nitrogens with one attached hydrogen (secondary N) is 2. The van der Waals surface area contributed by atoms with E-state index in [-0.39, 0.29) is 0 Å². The molecule has 1 aliphatic heterocycles. The molecule has 1 atom stereocenters. The molecule has 2 N–H and O–H groups in total. The Hall–Kier alpha value is -0.0800. The number of hydrogen-bond donors (Lipinski definition) is 2. The van der Waals surface area contributed by atoms with Crippen LogP contribution in [0.1, 0.15) is 54.9 Å². The summed E-state index contributed by atoms with van der Waals surface area (Å²) in [6.45, 7) is 18.4. The highest BCUT2D eigenvalue weighted by Crippen LogP contribution is 2.37. The van der Waals surface area contributed by atoms with E-state index in [0.717, 1.165) is 13.1 Å². The largest absolute Gasteiger partial charge is 0.312 e. The fourth-order valence-corrected chi connectivity index (χ4v) is 1.97. The molecule has 0 radical (unpaired) electrons. The first-order valence-electron chi connectivity index (χ1n) is 6.52. The van der Waals surface area contributed by atoms with E-state index in [1.165, 1.54) is 6.42 Å². The van der Waals surface area contributed by atoms with Gasteiger partial charge in [-0.05, 0) is 31.1 Å². The lowest BCUT2D eigenvalue weighted by Gasteiger charge is -2.39. The van der Waals surface area contributed by atoms with Gasteiger partial charge in [0.05, 0.1) is 0 Å². The highest BCUT2D eigenvalue weighted by Gasteiger charge is 2.35. The van der Waals surface area contributed by atoms with Crippen molar-refractivity contribution >= 4 is 0 Å². The smallest absolute Gasteiger partial charge is 0.0210 e. The van der Waals surface area contributed by atoms with Crippen LogP contribution in [-0.4, -0.2) is 24.7 Å². The standard InChI is InChI=1S/C14H30N2/c1-12(2,3)13(4,5)10-15-11-8-14(6,7)16-9-11/h11,15-16H,8-10H2,1-7H3. The predicted molar refractivity (Wildman–Crippen MR) is 71.7 cm³/mol. The second-order valence-electron chi connectivity index (χ2n) is 7.68. The molecule has 0 bridgehead atoms. The molecule has 2 heteroatoms. The molecule has 2 nitrogen and oxygen atoms in total. The Kier molecular flexibility index (Phi) is 3.76. The maximum absolute atomic E-state index is 3.72. The summed E-state index contributed by atoms with van der Waals surface area (Å²) in [6.07, 6.45) is 1.23. The maximum atomic E-state index is 3.72. The van der Waals surface area contributed by atoms with Crippen molar-refractivity contribution < 1.29 is 0 Å². The second kappa shape index (κ2) is 4.30. The summed E-state index contributed by atoms with van der Waals surface area (Å²) < 4.78 is 0. The van der Waals surface area contributed by atoms with Gasteiger partial charge < -0.3 is 10.6 Å². The van der Waals surface area contributed by atoms with Gasteiger partial charge in [-0.25, -0.2) is 0 Å². The van der Waals surface area contributed by atoms with Crippen molar-refractivity contribution in [2.75, 3.05) is 13.1 Å². The Labute approximate surface area is 102 Å². The third-order valence-corrected chi connectivity index (χ3v) is 4.45. The van der Waals surface area contributed by atoms with Gasteiger partial charge in [-0.1, -0.05) is 34.6 Å². The summed E-state index contributed by atoms with van der Waals surface area (Å²) in [6, 6.07) is 0.636. The quantitative estimate of drug-likeness (QED) is 0.773. The first kappa shape index (κ1) is 14.0. The highest BCUT2D eigenvalue weighted by atomic mass is 15.1. The van der Waals surface area contributed by atoms with Crippen LogP contribution >= 0.6 is 0 Å². The summed E-state index contributed by atoms with van der Waals surface area (Å²) in [5.41, 5.74) is 0.991. The number of rotatable bonds is 3. The van der Waals surface area contributed by atoms with Gasteiger partial charge in [-0.15, -0.1) is 0 Å². The third-order valence-electron chi connectivity index (χ3n) is 4.45. The second-order valence-corrected chi connectivity index (χ2v) is 7.68. The normalized spacial score (nSPS) is 26.1. The van der Waals surface area contributed by atoms with Gasteiger partial charge in [-0.2, -0.15) is 0 Å². The molecule has 1 heterocycles. The van der Waals surface area contributed by atoms with E-state index in [4.69, 9.17) is 0 Å². The molecular formula is C14H30N2. The summed E-state index contributed by atoms with van der Waals surface area (Å²) in [5, 5.41) is 7.28. The first-order chi connectivity index (χ1) is 7.04. The number of hydrogen-bond acceptors (Lipinski definition) is 2. The van der Waals surface area contributed by atoms with Crippen molar-refractivity contribution in [1.29, 1.82) is 0 Å². The van der Waals surface area contributed by atoms with E-state index in [1.54, 1.807) is 0 Å². The topological polar surface area (TPSA) is 24.1 Å². The maximum Gasteiger partial charge on any atom is 0.0210 e. The first-order valence-corrected chi connectivity index (χ1v) is 6.52. The molecule has 1 rings (SSSR count). The van der Waals surface area contributed by atoms with Crippen LogP contribution < -0.4 is 10.6 Å². The molecule has 1 fully saturated rings. The van der Waals surface area contributed by atoms with Crippen molar-refractivity contribution in [2.45, 2.75) is 66.5 Å². The zero-order chi connectivity index (χ0) is 12.6. The molecule has 0 aromatic rings. The van der Waals surface area contributed by atoms with Crippen LogP contribution in [0.5, 0.6) is 0 Å². The predicted octanol–water partition coefficient (Wildman–Crippen LogP) is 2.79. The minimum absolute atomic E-state index is 0.309. The molecule has 0 amide bonds. The van der Waals surface area contributed by atoms with E-state index in [9.17, 15) is 0 Å². The summed E-state index contributed by atoms with van der Waals surface area (Å²) in [5.74, 6) is 0. The highest BCUT2D eigenvalue weighted by molar-refractivity contribution is 4.94. The van der Waals surface area contributed by atoms with Gasteiger partial charge in [0.25, 0.3) is 0 Å². The van der Waals surface area contributed by atoms with Gasteiger partial charge >= 0.3 is 0 Å². The van der Waals surface area contributed by atoms with Gasteiger partial charge in [0.15, 0.2) is 0 Å². The Morgan fingerprint density at radius 3 is 2.12 bits per heavy atom. The Balaban J connectivity index is 2.42. The summed E-state index contributed by atoms with van der Waals surface area (Å²) >= 11 is 0. The fourth-order valence-electron chi connectivity index (χ4n) is 1.97.